The number of carbonyl (C=O) groups is 1. The molecule has 6 heteroatoms. The van der Waals surface area contributed by atoms with Gasteiger partial charge in [-0.3, -0.25) is 4.98 Å². The third-order valence-electron chi connectivity index (χ3n) is 2.32. The molecule has 2 heterocycles. The second-order valence-corrected chi connectivity index (χ2v) is 4.65. The Morgan fingerprint density at radius 3 is 3.11 bits per heavy atom. The molecule has 0 aliphatic heterocycles. The number of nitrogens with two attached hydrogens (primary N) is 1. The van der Waals surface area contributed by atoms with Crippen LogP contribution in [0.15, 0.2) is 30.6 Å². The molecule has 94 valence electrons. The molecule has 18 heavy (non-hydrogen) atoms. The van der Waals surface area contributed by atoms with Gasteiger partial charge < -0.3 is 15.8 Å². The first-order valence-electron chi connectivity index (χ1n) is 5.31. The molecule has 0 bridgehead atoms. The molecule has 0 unspecified atom stereocenters. The van der Waals surface area contributed by atoms with Crippen LogP contribution in [-0.4, -0.2) is 18.1 Å². The van der Waals surface area contributed by atoms with Crippen molar-refractivity contribution in [1.82, 2.24) is 4.98 Å². The average Bonchev–Trinajstić information content (AvgIpc) is 2.78. The number of hydrogen-bond acceptors (Lipinski definition) is 6. The van der Waals surface area contributed by atoms with Crippen LogP contribution in [0.4, 0.5) is 10.7 Å². The van der Waals surface area contributed by atoms with Crippen LogP contribution in [0.2, 0.25) is 0 Å². The topological polar surface area (TPSA) is 77.2 Å². The van der Waals surface area contributed by atoms with Gasteiger partial charge in [-0.25, -0.2) is 4.79 Å². The van der Waals surface area contributed by atoms with Crippen LogP contribution in [0.3, 0.4) is 0 Å². The Balaban J connectivity index is 2.05. The fourth-order valence-electron chi connectivity index (χ4n) is 1.44. The van der Waals surface area contributed by atoms with Crippen LogP contribution in [0.25, 0.3) is 0 Å². The summed E-state index contributed by atoms with van der Waals surface area (Å²) in [7, 11) is 1.34. The molecule has 0 aliphatic rings. The van der Waals surface area contributed by atoms with E-state index in [-0.39, 0.29) is 0 Å². The molecule has 5 nitrogen and oxygen atoms in total. The van der Waals surface area contributed by atoms with Crippen molar-refractivity contribution in [2.45, 2.75) is 6.54 Å². The van der Waals surface area contributed by atoms with E-state index >= 15 is 0 Å². The Morgan fingerprint density at radius 1 is 1.61 bits per heavy atom. The minimum absolute atomic E-state index is 0.410. The number of nitrogen functional groups attached to an aromatic ring is 1. The van der Waals surface area contributed by atoms with Gasteiger partial charge >= 0.3 is 5.97 Å². The molecule has 0 spiro atoms. The van der Waals surface area contributed by atoms with E-state index in [4.69, 9.17) is 5.73 Å². The smallest absolute Gasteiger partial charge is 0.350 e. The lowest BCUT2D eigenvalue weighted by Gasteiger charge is -2.02. The number of ether oxygens (including phenoxy) is 1. The summed E-state index contributed by atoms with van der Waals surface area (Å²) in [5, 5.41) is 4.02. The first-order chi connectivity index (χ1) is 8.70. The Morgan fingerprint density at radius 2 is 2.44 bits per heavy atom. The second-order valence-electron chi connectivity index (χ2n) is 3.60. The number of rotatable bonds is 4. The largest absolute Gasteiger partial charge is 0.465 e. The van der Waals surface area contributed by atoms with Crippen LogP contribution in [0.1, 0.15) is 15.2 Å². The Bertz CT molecular complexity index is 540. The number of anilines is 2. The summed E-state index contributed by atoms with van der Waals surface area (Å²) >= 11 is 1.28. The third-order valence-corrected chi connectivity index (χ3v) is 3.41. The average molecular weight is 263 g/mol. The quantitative estimate of drug-likeness (QED) is 0.826. The van der Waals surface area contributed by atoms with Crippen molar-refractivity contribution in [3.63, 3.8) is 0 Å². The van der Waals surface area contributed by atoms with Crippen molar-refractivity contribution in [2.75, 3.05) is 18.2 Å². The number of aromatic nitrogens is 1. The standard InChI is InChI=1S/C12H13N3O2S/c1-17-12(16)11-9(13)5-10(18-11)15-7-8-3-2-4-14-6-8/h2-6,15H,7,13H2,1H3. The van der Waals surface area contributed by atoms with Gasteiger partial charge in [0.1, 0.15) is 4.88 Å². The number of nitrogens with one attached hydrogen (secondary N) is 1. The van der Waals surface area contributed by atoms with E-state index in [1.54, 1.807) is 18.5 Å². The predicted molar refractivity (Wildman–Crippen MR) is 71.6 cm³/mol. The van der Waals surface area contributed by atoms with Crippen molar-refractivity contribution in [1.29, 1.82) is 0 Å². The van der Waals surface area contributed by atoms with Crippen molar-refractivity contribution in [3.8, 4) is 0 Å². The number of hydrogen-bond donors (Lipinski definition) is 2. The highest BCUT2D eigenvalue weighted by molar-refractivity contribution is 7.18. The van der Waals surface area contributed by atoms with Gasteiger partial charge in [0.15, 0.2) is 0 Å². The second kappa shape index (κ2) is 5.50. The van der Waals surface area contributed by atoms with Gasteiger partial charge in [-0.15, -0.1) is 11.3 Å². The van der Waals surface area contributed by atoms with E-state index < -0.39 is 5.97 Å². The van der Waals surface area contributed by atoms with Gasteiger partial charge in [-0.1, -0.05) is 6.07 Å². The van der Waals surface area contributed by atoms with Gasteiger partial charge in [-0.2, -0.15) is 0 Å². The predicted octanol–water partition coefficient (Wildman–Crippen LogP) is 2.12. The monoisotopic (exact) mass is 263 g/mol. The number of esters is 1. The highest BCUT2D eigenvalue weighted by Gasteiger charge is 2.14. The summed E-state index contributed by atoms with van der Waals surface area (Å²) < 4.78 is 4.65. The van der Waals surface area contributed by atoms with Gasteiger partial charge in [0.05, 0.1) is 17.8 Å². The molecular formula is C12H13N3O2S. The van der Waals surface area contributed by atoms with Crippen molar-refractivity contribution in [2.24, 2.45) is 0 Å². The van der Waals surface area contributed by atoms with Crippen LogP contribution in [0, 0.1) is 0 Å². The normalized spacial score (nSPS) is 10.1. The zero-order valence-electron chi connectivity index (χ0n) is 9.84. The maximum Gasteiger partial charge on any atom is 0.350 e. The van der Waals surface area contributed by atoms with E-state index in [9.17, 15) is 4.79 Å². The van der Waals surface area contributed by atoms with Crippen LogP contribution >= 0.6 is 11.3 Å². The van der Waals surface area contributed by atoms with E-state index in [1.807, 2.05) is 12.1 Å². The SMILES string of the molecule is COC(=O)c1sc(NCc2cccnc2)cc1N. The number of methoxy groups -OCH3 is 1. The lowest BCUT2D eigenvalue weighted by atomic mass is 10.3. The van der Waals surface area contributed by atoms with Gasteiger partial charge in [0.2, 0.25) is 0 Å². The number of carbonyl (C=O) groups excluding carboxylic acids is 1. The molecule has 2 aromatic heterocycles. The van der Waals surface area contributed by atoms with E-state index in [1.165, 1.54) is 18.4 Å². The van der Waals surface area contributed by atoms with Crippen molar-refractivity contribution in [3.05, 3.63) is 41.0 Å². The zero-order chi connectivity index (χ0) is 13.0. The lowest BCUT2D eigenvalue weighted by molar-refractivity contribution is 0.0607. The Hall–Kier alpha value is -2.08. The Kier molecular flexibility index (Phi) is 3.78. The molecular weight excluding hydrogens is 250 g/mol. The summed E-state index contributed by atoms with van der Waals surface area (Å²) in [5.74, 6) is -0.410. The molecule has 0 aromatic carbocycles. The fourth-order valence-corrected chi connectivity index (χ4v) is 2.33. The maximum absolute atomic E-state index is 11.4. The summed E-state index contributed by atoms with van der Waals surface area (Å²) in [5.41, 5.74) is 7.23. The molecule has 0 saturated carbocycles. The zero-order valence-corrected chi connectivity index (χ0v) is 10.7. The summed E-state index contributed by atoms with van der Waals surface area (Å²) in [6.45, 7) is 0.633. The maximum atomic E-state index is 11.4. The van der Waals surface area contributed by atoms with Crippen LogP contribution in [0.5, 0.6) is 0 Å². The lowest BCUT2D eigenvalue weighted by Crippen LogP contribution is -2.01. The fraction of sp³-hybridized carbons (Fsp3) is 0.167. The van der Waals surface area contributed by atoms with Crippen LogP contribution in [-0.2, 0) is 11.3 Å². The van der Waals surface area contributed by atoms with Gasteiger partial charge in [-0.05, 0) is 17.7 Å². The molecule has 2 aromatic rings. The minimum atomic E-state index is -0.410. The first-order valence-corrected chi connectivity index (χ1v) is 6.12. The Labute approximate surface area is 109 Å². The van der Waals surface area contributed by atoms with Crippen molar-refractivity contribution >= 4 is 28.0 Å². The number of pyridine rings is 1. The van der Waals surface area contributed by atoms with E-state index in [0.29, 0.717) is 17.1 Å². The van der Waals surface area contributed by atoms with Crippen molar-refractivity contribution < 1.29 is 9.53 Å². The summed E-state index contributed by atoms with van der Waals surface area (Å²) in [6, 6.07) is 5.57. The highest BCUT2D eigenvalue weighted by atomic mass is 32.1. The molecule has 3 N–H and O–H groups in total. The van der Waals surface area contributed by atoms with E-state index in [2.05, 4.69) is 15.0 Å². The molecule has 0 aliphatic carbocycles. The van der Waals surface area contributed by atoms with Gasteiger partial charge in [0, 0.05) is 18.9 Å². The third kappa shape index (κ3) is 2.78. The highest BCUT2D eigenvalue weighted by Crippen LogP contribution is 2.29. The first kappa shape index (κ1) is 12.4. The number of thiophene rings is 1. The minimum Gasteiger partial charge on any atom is -0.465 e. The van der Waals surface area contributed by atoms with Gasteiger partial charge in [0.25, 0.3) is 0 Å². The number of nitrogens with zero attached hydrogens (tertiary/aromatic N) is 1. The molecule has 0 radical (unpaired) electrons. The summed E-state index contributed by atoms with van der Waals surface area (Å²) in [6.07, 6.45) is 3.51. The molecule has 2 rings (SSSR count). The molecule has 0 saturated heterocycles. The molecule has 0 amide bonds. The van der Waals surface area contributed by atoms with Crippen LogP contribution < -0.4 is 11.1 Å². The summed E-state index contributed by atoms with van der Waals surface area (Å²) in [4.78, 5) is 15.8. The van der Waals surface area contributed by atoms with E-state index in [0.717, 1.165) is 10.6 Å². The molecule has 0 atom stereocenters. The molecule has 0 fully saturated rings.